The van der Waals surface area contributed by atoms with E-state index in [1.54, 1.807) is 16.7 Å². The fourth-order valence-corrected chi connectivity index (χ4v) is 2.79. The molecule has 1 fully saturated rings. The highest BCUT2D eigenvalue weighted by atomic mass is 16.6. The number of piperidine rings is 1. The molecule has 7 heteroatoms. The summed E-state index contributed by atoms with van der Waals surface area (Å²) in [5.41, 5.74) is 0. The Bertz CT molecular complexity index is 418. The van der Waals surface area contributed by atoms with Crippen LogP contribution in [0.5, 0.6) is 0 Å². The first-order chi connectivity index (χ1) is 10.8. The quantitative estimate of drug-likeness (QED) is 0.799. The number of carbonyl (C=O) groups is 3. The van der Waals surface area contributed by atoms with Crippen LogP contribution in [-0.2, 0) is 14.3 Å². The first-order valence-corrected chi connectivity index (χ1v) is 8.33. The summed E-state index contributed by atoms with van der Waals surface area (Å²) in [7, 11) is 0. The van der Waals surface area contributed by atoms with Gasteiger partial charge in [0, 0.05) is 45.1 Å². The lowest BCUT2D eigenvalue weighted by Gasteiger charge is -2.37. The second-order valence-electron chi connectivity index (χ2n) is 6.10. The predicted octanol–water partition coefficient (Wildman–Crippen LogP) is 1.37. The fourth-order valence-electron chi connectivity index (χ4n) is 2.79. The Labute approximate surface area is 138 Å². The van der Waals surface area contributed by atoms with Gasteiger partial charge in [0.2, 0.25) is 11.8 Å². The van der Waals surface area contributed by atoms with Crippen LogP contribution in [0.4, 0.5) is 4.79 Å². The predicted molar refractivity (Wildman–Crippen MR) is 86.9 cm³/mol. The molecule has 3 amide bonds. The normalized spacial score (nSPS) is 15.4. The van der Waals surface area contributed by atoms with Crippen LogP contribution >= 0.6 is 0 Å². The largest absolute Gasteiger partial charge is 0.450 e. The Morgan fingerprint density at radius 2 is 1.87 bits per heavy atom. The molecule has 7 nitrogen and oxygen atoms in total. The summed E-state index contributed by atoms with van der Waals surface area (Å²) in [6.45, 7) is 9.05. The van der Waals surface area contributed by atoms with Crippen LogP contribution in [0.1, 0.15) is 47.0 Å². The first-order valence-electron chi connectivity index (χ1n) is 8.33. The zero-order valence-corrected chi connectivity index (χ0v) is 14.6. The van der Waals surface area contributed by atoms with Crippen molar-refractivity contribution in [1.82, 2.24) is 15.1 Å². The summed E-state index contributed by atoms with van der Waals surface area (Å²) in [6, 6.07) is 0.172. The number of hydrogen-bond donors (Lipinski definition) is 1. The minimum Gasteiger partial charge on any atom is -0.450 e. The number of rotatable bonds is 6. The molecule has 0 spiro atoms. The Morgan fingerprint density at radius 1 is 1.26 bits per heavy atom. The van der Waals surface area contributed by atoms with E-state index in [1.807, 2.05) is 13.8 Å². The highest BCUT2D eigenvalue weighted by molar-refractivity contribution is 5.78. The third-order valence-electron chi connectivity index (χ3n) is 3.87. The van der Waals surface area contributed by atoms with Gasteiger partial charge in [-0.05, 0) is 33.6 Å². The lowest BCUT2D eigenvalue weighted by atomic mass is 10.0. The fraction of sp³-hybridized carbons (Fsp3) is 0.812. The number of amides is 3. The summed E-state index contributed by atoms with van der Waals surface area (Å²) in [5.74, 6) is -0.0767. The zero-order valence-electron chi connectivity index (χ0n) is 14.6. The molecule has 0 aromatic rings. The molecule has 1 saturated heterocycles. The van der Waals surface area contributed by atoms with E-state index in [-0.39, 0.29) is 30.0 Å². The third kappa shape index (κ3) is 6.46. The summed E-state index contributed by atoms with van der Waals surface area (Å²) in [5, 5.41) is 2.83. The van der Waals surface area contributed by atoms with E-state index in [9.17, 15) is 14.4 Å². The molecule has 1 aliphatic rings. The highest BCUT2D eigenvalue weighted by Gasteiger charge is 2.28. The van der Waals surface area contributed by atoms with Crippen molar-refractivity contribution in [2.24, 2.45) is 0 Å². The van der Waals surface area contributed by atoms with Crippen molar-refractivity contribution in [1.29, 1.82) is 0 Å². The van der Waals surface area contributed by atoms with Gasteiger partial charge in [-0.3, -0.25) is 9.59 Å². The molecule has 1 heterocycles. The van der Waals surface area contributed by atoms with Gasteiger partial charge < -0.3 is 19.9 Å². The minimum atomic E-state index is -0.295. The molecule has 0 saturated carbocycles. The van der Waals surface area contributed by atoms with Crippen molar-refractivity contribution in [3.8, 4) is 0 Å². The number of ether oxygens (including phenoxy) is 1. The van der Waals surface area contributed by atoms with Gasteiger partial charge in [0.25, 0.3) is 0 Å². The molecule has 0 unspecified atom stereocenters. The molecule has 1 rings (SSSR count). The lowest BCUT2D eigenvalue weighted by Crippen LogP contribution is -2.49. The summed E-state index contributed by atoms with van der Waals surface area (Å²) in [4.78, 5) is 38.8. The topological polar surface area (TPSA) is 79.0 Å². The number of likely N-dealkylation sites (tertiary alicyclic amines) is 1. The van der Waals surface area contributed by atoms with E-state index in [0.29, 0.717) is 45.5 Å². The van der Waals surface area contributed by atoms with Crippen LogP contribution in [-0.4, -0.2) is 66.0 Å². The van der Waals surface area contributed by atoms with Gasteiger partial charge in [-0.25, -0.2) is 4.79 Å². The molecular formula is C16H29N3O4. The monoisotopic (exact) mass is 327 g/mol. The molecule has 23 heavy (non-hydrogen) atoms. The number of nitrogens with zero attached hydrogens (tertiary/aromatic N) is 2. The Morgan fingerprint density at radius 3 is 2.35 bits per heavy atom. The van der Waals surface area contributed by atoms with Gasteiger partial charge in [0.05, 0.1) is 6.61 Å². The standard InChI is InChI=1S/C16H29N3O4/c1-5-23-16(22)18-9-6-14(7-10-18)19(13(4)20)11-8-15(21)17-12(2)3/h12,14H,5-11H2,1-4H3,(H,17,21). The molecule has 132 valence electrons. The molecule has 0 aromatic heterocycles. The zero-order chi connectivity index (χ0) is 17.4. The maximum absolute atomic E-state index is 11.9. The maximum Gasteiger partial charge on any atom is 0.409 e. The minimum absolute atomic E-state index is 0.0306. The second-order valence-corrected chi connectivity index (χ2v) is 6.10. The molecule has 0 radical (unpaired) electrons. The van der Waals surface area contributed by atoms with Crippen LogP contribution in [0.2, 0.25) is 0 Å². The number of carbonyl (C=O) groups excluding carboxylic acids is 3. The van der Waals surface area contributed by atoms with Crippen molar-refractivity contribution in [2.45, 2.75) is 59.0 Å². The molecule has 0 bridgehead atoms. The van der Waals surface area contributed by atoms with E-state index in [1.165, 1.54) is 6.92 Å². The van der Waals surface area contributed by atoms with Crippen LogP contribution in [0, 0.1) is 0 Å². The molecule has 1 aliphatic heterocycles. The van der Waals surface area contributed by atoms with E-state index in [2.05, 4.69) is 5.32 Å². The van der Waals surface area contributed by atoms with Crippen LogP contribution in [0.3, 0.4) is 0 Å². The molecule has 1 N–H and O–H groups in total. The molecule has 0 atom stereocenters. The second kappa shape index (κ2) is 9.37. The Kier molecular flexibility index (Phi) is 7.85. The molecular weight excluding hydrogens is 298 g/mol. The number of nitrogens with one attached hydrogen (secondary N) is 1. The Hall–Kier alpha value is -1.79. The van der Waals surface area contributed by atoms with Gasteiger partial charge in [0.15, 0.2) is 0 Å². The average molecular weight is 327 g/mol. The van der Waals surface area contributed by atoms with E-state index in [0.717, 1.165) is 0 Å². The van der Waals surface area contributed by atoms with Crippen LogP contribution in [0.25, 0.3) is 0 Å². The van der Waals surface area contributed by atoms with E-state index in [4.69, 9.17) is 4.74 Å². The van der Waals surface area contributed by atoms with Gasteiger partial charge in [-0.2, -0.15) is 0 Å². The van der Waals surface area contributed by atoms with Gasteiger partial charge in [-0.1, -0.05) is 0 Å². The molecule has 0 aromatic carbocycles. The highest BCUT2D eigenvalue weighted by Crippen LogP contribution is 2.18. The first kappa shape index (κ1) is 19.3. The maximum atomic E-state index is 11.9. The van der Waals surface area contributed by atoms with Crippen molar-refractivity contribution in [3.63, 3.8) is 0 Å². The van der Waals surface area contributed by atoms with Gasteiger partial charge in [-0.15, -0.1) is 0 Å². The molecule has 0 aliphatic carbocycles. The Balaban J connectivity index is 2.49. The summed E-state index contributed by atoms with van der Waals surface area (Å²) < 4.78 is 4.99. The third-order valence-corrected chi connectivity index (χ3v) is 3.87. The van der Waals surface area contributed by atoms with Crippen molar-refractivity contribution in [3.05, 3.63) is 0 Å². The van der Waals surface area contributed by atoms with Crippen LogP contribution in [0.15, 0.2) is 0 Å². The van der Waals surface area contributed by atoms with Crippen molar-refractivity contribution in [2.75, 3.05) is 26.2 Å². The summed E-state index contributed by atoms with van der Waals surface area (Å²) >= 11 is 0. The lowest BCUT2D eigenvalue weighted by molar-refractivity contribution is -0.132. The summed E-state index contributed by atoms with van der Waals surface area (Å²) in [6.07, 6.45) is 1.43. The van der Waals surface area contributed by atoms with Crippen molar-refractivity contribution >= 4 is 17.9 Å². The van der Waals surface area contributed by atoms with Gasteiger partial charge in [0.1, 0.15) is 0 Å². The van der Waals surface area contributed by atoms with Crippen molar-refractivity contribution < 1.29 is 19.1 Å². The average Bonchev–Trinajstić information content (AvgIpc) is 2.47. The smallest absolute Gasteiger partial charge is 0.409 e. The van der Waals surface area contributed by atoms with Gasteiger partial charge >= 0.3 is 6.09 Å². The number of hydrogen-bond acceptors (Lipinski definition) is 4. The van der Waals surface area contributed by atoms with E-state index >= 15 is 0 Å². The van der Waals surface area contributed by atoms with E-state index < -0.39 is 0 Å². The SMILES string of the molecule is CCOC(=O)N1CCC(N(CCC(=O)NC(C)C)C(C)=O)CC1. The van der Waals surface area contributed by atoms with Crippen LogP contribution < -0.4 is 5.32 Å².